The standard InChI is InChI=1S/C28H42O4/c1-6-19-23-16-18(29)12-14-28(23,5)22-13-15-27(4)20(9-10-21(27)25(22)26(19)31)17(3)8-11-24(30)32-7-2/h8,11,16-17,19-22,25-26,31H,6-7,9-10,12-15H2,1-5H3/b11-8+/t17-,19+,20-,21+,22+,25+,26-,27-,28-/m1/s1. The summed E-state index contributed by atoms with van der Waals surface area (Å²) < 4.78 is 5.08. The smallest absolute Gasteiger partial charge is 0.330 e. The molecule has 3 fully saturated rings. The maximum Gasteiger partial charge on any atom is 0.330 e. The fraction of sp³-hybridized carbons (Fsp3) is 0.786. The van der Waals surface area contributed by atoms with Crippen LogP contribution in [0.1, 0.15) is 79.6 Å². The summed E-state index contributed by atoms with van der Waals surface area (Å²) in [6.45, 7) is 11.5. The normalized spacial score (nSPS) is 44.4. The first-order valence-electron chi connectivity index (χ1n) is 12.9. The van der Waals surface area contributed by atoms with Gasteiger partial charge in [0.05, 0.1) is 12.7 Å². The van der Waals surface area contributed by atoms with E-state index in [1.165, 1.54) is 12.0 Å². The Morgan fingerprint density at radius 1 is 1.22 bits per heavy atom. The molecular formula is C28H42O4. The van der Waals surface area contributed by atoms with Gasteiger partial charge in [-0.25, -0.2) is 4.79 Å². The number of hydrogen-bond acceptors (Lipinski definition) is 4. The van der Waals surface area contributed by atoms with Crippen molar-refractivity contribution in [3.05, 3.63) is 23.8 Å². The zero-order valence-corrected chi connectivity index (χ0v) is 20.6. The largest absolute Gasteiger partial charge is 0.463 e. The summed E-state index contributed by atoms with van der Waals surface area (Å²) in [5, 5.41) is 11.7. The molecule has 1 N–H and O–H groups in total. The Morgan fingerprint density at radius 2 is 1.97 bits per heavy atom. The van der Waals surface area contributed by atoms with Crippen LogP contribution in [0, 0.1) is 46.3 Å². The molecule has 0 aromatic carbocycles. The molecule has 4 nitrogen and oxygen atoms in total. The van der Waals surface area contributed by atoms with Gasteiger partial charge in [-0.15, -0.1) is 0 Å². The zero-order chi connectivity index (χ0) is 23.3. The van der Waals surface area contributed by atoms with Gasteiger partial charge < -0.3 is 9.84 Å². The molecular weight excluding hydrogens is 400 g/mol. The van der Waals surface area contributed by atoms with Crippen molar-refractivity contribution in [2.75, 3.05) is 6.61 Å². The van der Waals surface area contributed by atoms with Crippen LogP contribution in [0.4, 0.5) is 0 Å². The molecule has 0 heterocycles. The molecule has 4 aliphatic rings. The second kappa shape index (κ2) is 8.74. The highest BCUT2D eigenvalue weighted by atomic mass is 16.5. The molecule has 4 aliphatic carbocycles. The highest BCUT2D eigenvalue weighted by Crippen LogP contribution is 2.68. The van der Waals surface area contributed by atoms with Crippen molar-refractivity contribution in [1.29, 1.82) is 0 Å². The molecule has 9 atom stereocenters. The van der Waals surface area contributed by atoms with Crippen LogP contribution in [-0.2, 0) is 14.3 Å². The number of aliphatic hydroxyl groups excluding tert-OH is 1. The van der Waals surface area contributed by atoms with Crippen molar-refractivity contribution < 1.29 is 19.4 Å². The average Bonchev–Trinajstić information content (AvgIpc) is 3.11. The van der Waals surface area contributed by atoms with Crippen LogP contribution in [0.15, 0.2) is 23.8 Å². The summed E-state index contributed by atoms with van der Waals surface area (Å²) in [5.74, 6) is 2.19. The van der Waals surface area contributed by atoms with E-state index in [4.69, 9.17) is 4.74 Å². The minimum Gasteiger partial charge on any atom is -0.463 e. The van der Waals surface area contributed by atoms with E-state index < -0.39 is 0 Å². The number of allylic oxidation sites excluding steroid dienone is 1. The third-order valence-electron chi connectivity index (χ3n) is 10.2. The molecule has 0 unspecified atom stereocenters. The third-order valence-corrected chi connectivity index (χ3v) is 10.2. The van der Waals surface area contributed by atoms with Crippen molar-refractivity contribution in [3.63, 3.8) is 0 Å². The summed E-state index contributed by atoms with van der Waals surface area (Å²) in [6.07, 6.45) is 12.3. The first-order chi connectivity index (χ1) is 15.2. The van der Waals surface area contributed by atoms with Crippen LogP contribution in [0.3, 0.4) is 0 Å². The predicted molar refractivity (Wildman–Crippen MR) is 126 cm³/mol. The Kier molecular flexibility index (Phi) is 6.48. The number of ether oxygens (including phenoxy) is 1. The molecule has 0 aliphatic heterocycles. The summed E-state index contributed by atoms with van der Waals surface area (Å²) >= 11 is 0. The number of fused-ring (bicyclic) bond motifs is 5. The van der Waals surface area contributed by atoms with Crippen LogP contribution >= 0.6 is 0 Å². The Balaban J connectivity index is 1.62. The van der Waals surface area contributed by atoms with Crippen LogP contribution in [0.2, 0.25) is 0 Å². The molecule has 0 bridgehead atoms. The molecule has 0 spiro atoms. The van der Waals surface area contributed by atoms with Gasteiger partial charge in [0.15, 0.2) is 5.78 Å². The lowest BCUT2D eigenvalue weighted by molar-refractivity contribution is -0.137. The highest BCUT2D eigenvalue weighted by Gasteiger charge is 2.63. The van der Waals surface area contributed by atoms with E-state index in [9.17, 15) is 14.7 Å². The highest BCUT2D eigenvalue weighted by molar-refractivity contribution is 5.91. The topological polar surface area (TPSA) is 63.6 Å². The first-order valence-corrected chi connectivity index (χ1v) is 12.9. The van der Waals surface area contributed by atoms with E-state index >= 15 is 0 Å². The lowest BCUT2D eigenvalue weighted by Gasteiger charge is -2.61. The minimum atomic E-state index is -0.357. The first kappa shape index (κ1) is 23.7. The maximum atomic E-state index is 12.3. The second-order valence-electron chi connectivity index (χ2n) is 11.5. The van der Waals surface area contributed by atoms with E-state index in [0.717, 1.165) is 32.1 Å². The Morgan fingerprint density at radius 3 is 2.66 bits per heavy atom. The van der Waals surface area contributed by atoms with Crippen molar-refractivity contribution in [3.8, 4) is 0 Å². The van der Waals surface area contributed by atoms with Crippen LogP contribution in [0.25, 0.3) is 0 Å². The summed E-state index contributed by atoms with van der Waals surface area (Å²) in [5.41, 5.74) is 1.47. The summed E-state index contributed by atoms with van der Waals surface area (Å²) in [7, 11) is 0. The van der Waals surface area contributed by atoms with Crippen LogP contribution in [0.5, 0.6) is 0 Å². The van der Waals surface area contributed by atoms with Gasteiger partial charge in [0, 0.05) is 18.4 Å². The van der Waals surface area contributed by atoms with Crippen LogP contribution in [-0.4, -0.2) is 29.6 Å². The number of esters is 1. The van der Waals surface area contributed by atoms with Gasteiger partial charge in [-0.2, -0.15) is 0 Å². The lowest BCUT2D eigenvalue weighted by Crippen LogP contribution is -2.58. The average molecular weight is 443 g/mol. The maximum absolute atomic E-state index is 12.3. The van der Waals surface area contributed by atoms with Gasteiger partial charge in [-0.1, -0.05) is 39.3 Å². The number of carbonyl (C=O) groups is 2. The number of rotatable bonds is 5. The zero-order valence-electron chi connectivity index (χ0n) is 20.6. The van der Waals surface area contributed by atoms with Crippen molar-refractivity contribution in [1.82, 2.24) is 0 Å². The monoisotopic (exact) mass is 442 g/mol. The molecule has 32 heavy (non-hydrogen) atoms. The van der Waals surface area contributed by atoms with Crippen molar-refractivity contribution in [2.24, 2.45) is 46.3 Å². The Labute approximate surface area is 193 Å². The second-order valence-corrected chi connectivity index (χ2v) is 11.5. The quantitative estimate of drug-likeness (QED) is 0.451. The summed E-state index contributed by atoms with van der Waals surface area (Å²) in [6, 6.07) is 0. The Bertz CT molecular complexity index is 812. The third kappa shape index (κ3) is 3.61. The molecule has 4 rings (SSSR count). The molecule has 0 aromatic heterocycles. The molecule has 4 heteroatoms. The fourth-order valence-corrected chi connectivity index (χ4v) is 8.65. The number of hydrogen-bond donors (Lipinski definition) is 1. The molecule has 178 valence electrons. The van der Waals surface area contributed by atoms with E-state index in [1.807, 2.05) is 19.1 Å². The SMILES string of the molecule is CCOC(=O)/C=C/[C@@H](C)[C@H]1CC[C@H]2[C@@H]3[C@H](O)[C@@H](CC)C4=CC(=O)CC[C@]4(C)[C@H]3CC[C@]12C. The number of aliphatic hydroxyl groups is 1. The Hall–Kier alpha value is -1.42. The molecule has 0 aromatic rings. The molecule has 0 radical (unpaired) electrons. The van der Waals surface area contributed by atoms with Gasteiger partial charge in [0.25, 0.3) is 0 Å². The number of ketones is 1. The molecule has 0 amide bonds. The van der Waals surface area contributed by atoms with Crippen LogP contribution < -0.4 is 0 Å². The van der Waals surface area contributed by atoms with Gasteiger partial charge >= 0.3 is 5.97 Å². The fourth-order valence-electron chi connectivity index (χ4n) is 8.65. The lowest BCUT2D eigenvalue weighted by atomic mass is 9.43. The van der Waals surface area contributed by atoms with Crippen molar-refractivity contribution >= 4 is 11.8 Å². The molecule has 3 saturated carbocycles. The van der Waals surface area contributed by atoms with E-state index in [0.29, 0.717) is 42.6 Å². The van der Waals surface area contributed by atoms with Crippen molar-refractivity contribution in [2.45, 2.75) is 85.7 Å². The molecule has 0 saturated heterocycles. The predicted octanol–water partition coefficient (Wildman–Crippen LogP) is 5.50. The van der Waals surface area contributed by atoms with Gasteiger partial charge in [-0.05, 0) is 91.9 Å². The van der Waals surface area contributed by atoms with Gasteiger partial charge in [0.1, 0.15) is 0 Å². The minimum absolute atomic E-state index is 0.0489. The van der Waals surface area contributed by atoms with E-state index in [1.54, 1.807) is 6.08 Å². The van der Waals surface area contributed by atoms with E-state index in [2.05, 4.69) is 27.7 Å². The van der Waals surface area contributed by atoms with Gasteiger partial charge in [0.2, 0.25) is 0 Å². The van der Waals surface area contributed by atoms with E-state index in [-0.39, 0.29) is 34.6 Å². The van der Waals surface area contributed by atoms with Gasteiger partial charge in [-0.3, -0.25) is 4.79 Å². The summed E-state index contributed by atoms with van der Waals surface area (Å²) in [4.78, 5) is 24.1. The number of carbonyl (C=O) groups excluding carboxylic acids is 2.